The van der Waals surface area contributed by atoms with Gasteiger partial charge in [-0.25, -0.2) is 0 Å². The van der Waals surface area contributed by atoms with Crippen molar-refractivity contribution in [1.29, 1.82) is 0 Å². The second-order valence-corrected chi connectivity index (χ2v) is 5.78. The summed E-state index contributed by atoms with van der Waals surface area (Å²) in [6, 6.07) is 6.54. The zero-order valence-electron chi connectivity index (χ0n) is 11.3. The Bertz CT molecular complexity index is 413. The average Bonchev–Trinajstić information content (AvgIpc) is 2.38. The summed E-state index contributed by atoms with van der Waals surface area (Å²) in [7, 11) is 0. The predicted octanol–water partition coefficient (Wildman–Crippen LogP) is 1.74. The highest BCUT2D eigenvalue weighted by Crippen LogP contribution is 2.30. The third-order valence-electron chi connectivity index (χ3n) is 3.79. The second-order valence-electron chi connectivity index (χ2n) is 5.78. The summed E-state index contributed by atoms with van der Waals surface area (Å²) >= 11 is 0. The summed E-state index contributed by atoms with van der Waals surface area (Å²) < 4.78 is 0. The van der Waals surface area contributed by atoms with Gasteiger partial charge in [-0.15, -0.1) is 0 Å². The van der Waals surface area contributed by atoms with Crippen LogP contribution in [0.3, 0.4) is 0 Å². The highest BCUT2D eigenvalue weighted by atomic mass is 16.3. The lowest BCUT2D eigenvalue weighted by molar-refractivity contribution is 0.0751. The zero-order valence-corrected chi connectivity index (χ0v) is 11.3. The van der Waals surface area contributed by atoms with E-state index in [-0.39, 0.29) is 13.2 Å². The molecule has 0 aliphatic carbocycles. The molecule has 0 fully saturated rings. The van der Waals surface area contributed by atoms with Gasteiger partial charge in [0.05, 0.1) is 13.2 Å². The van der Waals surface area contributed by atoms with Crippen LogP contribution >= 0.6 is 0 Å². The molecule has 3 nitrogen and oxygen atoms in total. The molecule has 1 heterocycles. The van der Waals surface area contributed by atoms with Crippen LogP contribution in [0.4, 0.5) is 5.69 Å². The van der Waals surface area contributed by atoms with E-state index in [1.54, 1.807) is 0 Å². The Labute approximate surface area is 109 Å². The van der Waals surface area contributed by atoms with Gasteiger partial charge in [-0.2, -0.15) is 0 Å². The van der Waals surface area contributed by atoms with Gasteiger partial charge in [0.1, 0.15) is 0 Å². The Kier molecular flexibility index (Phi) is 3.93. The minimum Gasteiger partial charge on any atom is -0.396 e. The summed E-state index contributed by atoms with van der Waals surface area (Å²) in [5, 5.41) is 18.8. The van der Waals surface area contributed by atoms with Crippen LogP contribution < -0.4 is 4.90 Å². The Morgan fingerprint density at radius 1 is 1.28 bits per heavy atom. The number of aliphatic hydroxyl groups excluding tert-OH is 2. The quantitative estimate of drug-likeness (QED) is 0.854. The Hall–Kier alpha value is -1.06. The van der Waals surface area contributed by atoms with Gasteiger partial charge in [-0.3, -0.25) is 0 Å². The maximum atomic E-state index is 9.42. The van der Waals surface area contributed by atoms with Crippen molar-refractivity contribution in [2.75, 3.05) is 31.2 Å². The molecule has 18 heavy (non-hydrogen) atoms. The lowest BCUT2D eigenvalue weighted by Crippen LogP contribution is -2.43. The first kappa shape index (κ1) is 13.4. The molecular formula is C15H23NO2. The van der Waals surface area contributed by atoms with Crippen LogP contribution in [0.15, 0.2) is 18.2 Å². The smallest absolute Gasteiger partial charge is 0.0523 e. The van der Waals surface area contributed by atoms with E-state index in [0.29, 0.717) is 6.54 Å². The third kappa shape index (κ3) is 2.68. The van der Waals surface area contributed by atoms with Crippen LogP contribution in [0.5, 0.6) is 0 Å². The minimum absolute atomic E-state index is 0.0151. The monoisotopic (exact) mass is 249 g/mol. The van der Waals surface area contributed by atoms with Crippen molar-refractivity contribution in [3.8, 4) is 0 Å². The highest BCUT2D eigenvalue weighted by molar-refractivity contribution is 5.56. The summed E-state index contributed by atoms with van der Waals surface area (Å²) in [5.74, 6) is 0. The van der Waals surface area contributed by atoms with E-state index in [1.807, 2.05) is 6.92 Å². The van der Waals surface area contributed by atoms with Crippen LogP contribution in [0, 0.1) is 12.3 Å². The SMILES string of the molecule is Cc1ccc2c(c1)CCCN2CC(C)(CO)CO. The Morgan fingerprint density at radius 3 is 2.67 bits per heavy atom. The van der Waals surface area contributed by atoms with Crippen LogP contribution in [0.1, 0.15) is 24.5 Å². The van der Waals surface area contributed by atoms with E-state index in [1.165, 1.54) is 16.8 Å². The lowest BCUT2D eigenvalue weighted by atomic mass is 9.90. The van der Waals surface area contributed by atoms with Crippen molar-refractivity contribution < 1.29 is 10.2 Å². The molecule has 3 heteroatoms. The number of aryl methyl sites for hydroxylation is 2. The van der Waals surface area contributed by atoms with Gasteiger partial charge in [0.25, 0.3) is 0 Å². The fourth-order valence-electron chi connectivity index (χ4n) is 2.58. The molecule has 100 valence electrons. The molecule has 0 unspecified atom stereocenters. The summed E-state index contributed by atoms with van der Waals surface area (Å²) in [6.45, 7) is 5.78. The van der Waals surface area contributed by atoms with Crippen molar-refractivity contribution in [1.82, 2.24) is 0 Å². The number of hydrogen-bond donors (Lipinski definition) is 2. The van der Waals surface area contributed by atoms with Crippen LogP contribution in [0.25, 0.3) is 0 Å². The van der Waals surface area contributed by atoms with Gasteiger partial charge < -0.3 is 15.1 Å². The van der Waals surface area contributed by atoms with E-state index in [0.717, 1.165) is 19.4 Å². The van der Waals surface area contributed by atoms with E-state index in [4.69, 9.17) is 0 Å². The van der Waals surface area contributed by atoms with Crippen molar-refractivity contribution in [2.45, 2.75) is 26.7 Å². The Balaban J connectivity index is 2.22. The van der Waals surface area contributed by atoms with Gasteiger partial charge in [0, 0.05) is 24.2 Å². The molecular weight excluding hydrogens is 226 g/mol. The van der Waals surface area contributed by atoms with E-state index in [2.05, 4.69) is 30.0 Å². The Morgan fingerprint density at radius 2 is 2.00 bits per heavy atom. The van der Waals surface area contributed by atoms with Crippen molar-refractivity contribution in [3.63, 3.8) is 0 Å². The average molecular weight is 249 g/mol. The molecule has 1 aliphatic heterocycles. The summed E-state index contributed by atoms with van der Waals surface area (Å²) in [5.41, 5.74) is 3.52. The van der Waals surface area contributed by atoms with Gasteiger partial charge in [-0.1, -0.05) is 24.6 Å². The standard InChI is InChI=1S/C15H23NO2/c1-12-5-6-14-13(8-12)4-3-7-16(14)9-15(2,10-17)11-18/h5-6,8,17-18H,3-4,7,9-11H2,1-2H3. The van der Waals surface area contributed by atoms with Gasteiger partial charge in [0.15, 0.2) is 0 Å². The van der Waals surface area contributed by atoms with Gasteiger partial charge in [-0.05, 0) is 31.4 Å². The molecule has 0 bridgehead atoms. The van der Waals surface area contributed by atoms with Crippen LogP contribution in [-0.4, -0.2) is 36.5 Å². The number of hydrogen-bond acceptors (Lipinski definition) is 3. The molecule has 2 rings (SSSR count). The molecule has 0 amide bonds. The number of nitrogens with zero attached hydrogens (tertiary/aromatic N) is 1. The number of benzene rings is 1. The van der Waals surface area contributed by atoms with Crippen molar-refractivity contribution in [3.05, 3.63) is 29.3 Å². The van der Waals surface area contributed by atoms with Crippen molar-refractivity contribution >= 4 is 5.69 Å². The number of aliphatic hydroxyl groups is 2. The molecule has 1 aromatic carbocycles. The normalized spacial score (nSPS) is 15.7. The molecule has 0 saturated carbocycles. The van der Waals surface area contributed by atoms with Gasteiger partial charge >= 0.3 is 0 Å². The zero-order chi connectivity index (χ0) is 13.2. The molecule has 0 radical (unpaired) electrons. The van der Waals surface area contributed by atoms with Crippen LogP contribution in [0.2, 0.25) is 0 Å². The molecule has 2 N–H and O–H groups in total. The van der Waals surface area contributed by atoms with E-state index >= 15 is 0 Å². The largest absolute Gasteiger partial charge is 0.396 e. The fraction of sp³-hybridized carbons (Fsp3) is 0.600. The number of fused-ring (bicyclic) bond motifs is 1. The van der Waals surface area contributed by atoms with E-state index < -0.39 is 5.41 Å². The van der Waals surface area contributed by atoms with E-state index in [9.17, 15) is 10.2 Å². The summed E-state index contributed by atoms with van der Waals surface area (Å²) in [4.78, 5) is 2.30. The molecule has 1 aromatic rings. The predicted molar refractivity (Wildman–Crippen MR) is 74.0 cm³/mol. The second kappa shape index (κ2) is 5.29. The number of rotatable bonds is 4. The fourth-order valence-corrected chi connectivity index (χ4v) is 2.58. The topological polar surface area (TPSA) is 43.7 Å². The highest BCUT2D eigenvalue weighted by Gasteiger charge is 2.28. The van der Waals surface area contributed by atoms with Crippen molar-refractivity contribution in [2.24, 2.45) is 5.41 Å². The van der Waals surface area contributed by atoms with Crippen LogP contribution in [-0.2, 0) is 6.42 Å². The molecule has 0 aromatic heterocycles. The molecule has 0 saturated heterocycles. The summed E-state index contributed by atoms with van der Waals surface area (Å²) in [6.07, 6.45) is 2.27. The first-order valence-electron chi connectivity index (χ1n) is 6.64. The first-order chi connectivity index (χ1) is 8.58. The maximum absolute atomic E-state index is 9.42. The van der Waals surface area contributed by atoms with Gasteiger partial charge in [0.2, 0.25) is 0 Å². The first-order valence-corrected chi connectivity index (χ1v) is 6.64. The molecule has 0 spiro atoms. The molecule has 1 aliphatic rings. The maximum Gasteiger partial charge on any atom is 0.0523 e. The minimum atomic E-state index is -0.431. The third-order valence-corrected chi connectivity index (χ3v) is 3.79. The lowest BCUT2D eigenvalue weighted by Gasteiger charge is -2.38. The molecule has 0 atom stereocenters. The number of anilines is 1.